The topological polar surface area (TPSA) is 87.6 Å². The highest BCUT2D eigenvalue weighted by Gasteiger charge is 2.34. The molecule has 5 heteroatoms. The summed E-state index contributed by atoms with van der Waals surface area (Å²) < 4.78 is 0. The summed E-state index contributed by atoms with van der Waals surface area (Å²) in [5, 5.41) is 0. The van der Waals surface area contributed by atoms with Gasteiger partial charge in [-0.1, -0.05) is 84.9 Å². The summed E-state index contributed by atoms with van der Waals surface area (Å²) in [6, 6.07) is 25.1. The van der Waals surface area contributed by atoms with Crippen molar-refractivity contribution >= 4 is 23.1 Å². The fourth-order valence-electron chi connectivity index (χ4n) is 2.83. The second-order valence-electron chi connectivity index (χ2n) is 6.08. The Bertz CT molecular complexity index is 1040. The number of hydrogen-bond acceptors (Lipinski definition) is 3. The highest BCUT2D eigenvalue weighted by Crippen LogP contribution is 2.18. The summed E-state index contributed by atoms with van der Waals surface area (Å²) in [6.45, 7) is 0. The van der Waals surface area contributed by atoms with Crippen LogP contribution in [0.5, 0.6) is 0 Å². The average molecular weight is 368 g/mol. The lowest BCUT2D eigenvalue weighted by Gasteiger charge is -2.08. The van der Waals surface area contributed by atoms with Gasteiger partial charge in [-0.2, -0.15) is 4.79 Å². The van der Waals surface area contributed by atoms with Gasteiger partial charge in [0.2, 0.25) is 0 Å². The second-order valence-corrected chi connectivity index (χ2v) is 6.08. The van der Waals surface area contributed by atoms with Crippen molar-refractivity contribution in [1.82, 2.24) is 0 Å². The van der Waals surface area contributed by atoms with Crippen LogP contribution in [0, 0.1) is 0 Å². The normalized spacial score (nSPS) is 12.4. The third kappa shape index (κ3) is 4.06. The van der Waals surface area contributed by atoms with E-state index in [-0.39, 0.29) is 29.5 Å². The van der Waals surface area contributed by atoms with Gasteiger partial charge in [0.05, 0.1) is 0 Å². The second kappa shape index (κ2) is 8.62. The van der Waals surface area contributed by atoms with E-state index in [1.54, 1.807) is 24.3 Å². The summed E-state index contributed by atoms with van der Waals surface area (Å²) in [5.41, 5.74) is 10.6. The summed E-state index contributed by atoms with van der Waals surface area (Å²) in [5.74, 6) is -0.484. The predicted octanol–water partition coefficient (Wildman–Crippen LogP) is 4.04. The first kappa shape index (κ1) is 18.8. The largest absolute Gasteiger partial charge is 0.361 e. The fraction of sp³-hybridized carbons (Fsp3) is 0.0435. The van der Waals surface area contributed by atoms with Crippen LogP contribution in [-0.4, -0.2) is 27.9 Å². The lowest BCUT2D eigenvalue weighted by molar-refractivity contribution is -0.00890. The van der Waals surface area contributed by atoms with Crippen LogP contribution in [-0.2, 0) is 0 Å². The van der Waals surface area contributed by atoms with Crippen LogP contribution >= 0.6 is 0 Å². The number of carbonyl (C=O) groups excluding carboxylic acids is 3. The lowest BCUT2D eigenvalue weighted by Crippen LogP contribution is -2.27. The highest BCUT2D eigenvalue weighted by molar-refractivity contribution is 6.50. The van der Waals surface area contributed by atoms with Crippen molar-refractivity contribution in [1.29, 1.82) is 0 Å². The molecule has 0 aliphatic heterocycles. The number of ketones is 3. The molecule has 3 aromatic carbocycles. The SMILES string of the molecule is O=C(c1ccccc1)c1ccccc1.[N-]=[N+]=C1CC(=O)c2ccccc2C1=O. The van der Waals surface area contributed by atoms with Crippen LogP contribution in [0.15, 0.2) is 84.9 Å². The Hall–Kier alpha value is -3.95. The molecule has 0 bridgehead atoms. The molecule has 0 unspecified atom stereocenters. The van der Waals surface area contributed by atoms with Gasteiger partial charge in [0.1, 0.15) is 6.42 Å². The number of hydrogen-bond donors (Lipinski definition) is 0. The van der Waals surface area contributed by atoms with Crippen molar-refractivity contribution in [2.24, 2.45) is 0 Å². The van der Waals surface area contributed by atoms with Crippen LogP contribution in [0.4, 0.5) is 0 Å². The molecule has 0 saturated heterocycles. The van der Waals surface area contributed by atoms with Crippen LogP contribution in [0.2, 0.25) is 0 Å². The summed E-state index contributed by atoms with van der Waals surface area (Å²) >= 11 is 0. The van der Waals surface area contributed by atoms with E-state index in [4.69, 9.17) is 5.53 Å². The van der Waals surface area contributed by atoms with Crippen LogP contribution < -0.4 is 0 Å². The first-order chi connectivity index (χ1) is 13.6. The van der Waals surface area contributed by atoms with Gasteiger partial charge in [-0.15, -0.1) is 0 Å². The Morgan fingerprint density at radius 2 is 1.18 bits per heavy atom. The van der Waals surface area contributed by atoms with Gasteiger partial charge < -0.3 is 5.53 Å². The zero-order valence-electron chi connectivity index (χ0n) is 14.9. The van der Waals surface area contributed by atoms with Gasteiger partial charge in [0.25, 0.3) is 5.78 Å². The minimum atomic E-state index is -0.372. The van der Waals surface area contributed by atoms with Crippen molar-refractivity contribution in [3.63, 3.8) is 0 Å². The Labute approximate surface area is 161 Å². The van der Waals surface area contributed by atoms with E-state index in [0.717, 1.165) is 11.1 Å². The third-order valence-corrected chi connectivity index (χ3v) is 4.25. The van der Waals surface area contributed by atoms with Gasteiger partial charge in [-0.05, 0) is 0 Å². The molecule has 0 spiro atoms. The molecular weight excluding hydrogens is 352 g/mol. The molecule has 136 valence electrons. The Kier molecular flexibility index (Phi) is 5.80. The number of fused-ring (bicyclic) bond motifs is 1. The first-order valence-corrected chi connectivity index (χ1v) is 8.64. The summed E-state index contributed by atoms with van der Waals surface area (Å²) in [4.78, 5) is 37.7. The van der Waals surface area contributed by atoms with Crippen molar-refractivity contribution < 1.29 is 19.2 Å². The van der Waals surface area contributed by atoms with E-state index in [2.05, 4.69) is 4.79 Å². The summed E-state index contributed by atoms with van der Waals surface area (Å²) in [7, 11) is 0. The van der Waals surface area contributed by atoms with Crippen LogP contribution in [0.1, 0.15) is 43.1 Å². The predicted molar refractivity (Wildman–Crippen MR) is 105 cm³/mol. The number of Topliss-reactive ketones (excluding diaryl/α,β-unsaturated/α-hetero) is 2. The molecule has 28 heavy (non-hydrogen) atoms. The number of carbonyl (C=O) groups is 3. The molecule has 4 rings (SSSR count). The number of nitrogens with zero attached hydrogens (tertiary/aromatic N) is 2. The molecule has 1 aliphatic carbocycles. The standard InChI is InChI=1S/C13H10O.C10H6N2O2/c14-13(11-7-3-1-4-8-11)12-9-5-2-6-10-12;11-12-8-5-9(13)6-3-1-2-4-7(6)10(8)14/h1-10H;1-4H,5H2. The van der Waals surface area contributed by atoms with Crippen LogP contribution in [0.25, 0.3) is 5.53 Å². The molecule has 0 radical (unpaired) electrons. The van der Waals surface area contributed by atoms with Gasteiger partial charge in [0.15, 0.2) is 11.6 Å². The number of rotatable bonds is 2. The minimum absolute atomic E-state index is 0.0752. The molecule has 0 heterocycles. The lowest BCUT2D eigenvalue weighted by atomic mass is 9.88. The zero-order chi connectivity index (χ0) is 19.9. The monoisotopic (exact) mass is 368 g/mol. The molecule has 0 aromatic heterocycles. The molecule has 3 aromatic rings. The van der Waals surface area contributed by atoms with Crippen molar-refractivity contribution in [2.75, 3.05) is 0 Å². The van der Waals surface area contributed by atoms with E-state index in [9.17, 15) is 14.4 Å². The van der Waals surface area contributed by atoms with E-state index in [1.165, 1.54) is 0 Å². The Morgan fingerprint density at radius 3 is 1.68 bits per heavy atom. The van der Waals surface area contributed by atoms with Crippen molar-refractivity contribution in [3.8, 4) is 0 Å². The smallest absolute Gasteiger partial charge is 0.347 e. The van der Waals surface area contributed by atoms with Crippen molar-refractivity contribution in [2.45, 2.75) is 6.42 Å². The molecule has 0 amide bonds. The number of benzene rings is 3. The molecular formula is C23H16N2O3. The van der Waals surface area contributed by atoms with E-state index in [1.807, 2.05) is 60.7 Å². The molecule has 5 nitrogen and oxygen atoms in total. The molecule has 0 N–H and O–H groups in total. The van der Waals surface area contributed by atoms with E-state index >= 15 is 0 Å². The Morgan fingerprint density at radius 1 is 0.714 bits per heavy atom. The summed E-state index contributed by atoms with van der Waals surface area (Å²) in [6.07, 6.45) is -0.119. The molecule has 0 atom stereocenters. The van der Waals surface area contributed by atoms with Gasteiger partial charge >= 0.3 is 5.71 Å². The van der Waals surface area contributed by atoms with Gasteiger partial charge in [-0.25, -0.2) is 0 Å². The quantitative estimate of drug-likeness (QED) is 0.388. The highest BCUT2D eigenvalue weighted by atomic mass is 16.1. The maximum atomic E-state index is 11.8. The Balaban J connectivity index is 0.000000161. The maximum absolute atomic E-state index is 11.8. The molecule has 1 aliphatic rings. The van der Waals surface area contributed by atoms with E-state index < -0.39 is 0 Å². The van der Waals surface area contributed by atoms with Gasteiger partial charge in [-0.3, -0.25) is 14.4 Å². The molecule has 0 saturated carbocycles. The van der Waals surface area contributed by atoms with E-state index in [0.29, 0.717) is 11.1 Å². The van der Waals surface area contributed by atoms with Crippen LogP contribution in [0.3, 0.4) is 0 Å². The maximum Gasteiger partial charge on any atom is 0.347 e. The van der Waals surface area contributed by atoms with Gasteiger partial charge in [0, 0.05) is 22.3 Å². The minimum Gasteiger partial charge on any atom is -0.361 e. The fourth-order valence-corrected chi connectivity index (χ4v) is 2.83. The zero-order valence-corrected chi connectivity index (χ0v) is 14.9. The van der Waals surface area contributed by atoms with Crippen molar-refractivity contribution in [3.05, 3.63) is 113 Å². The molecule has 0 fully saturated rings. The third-order valence-electron chi connectivity index (χ3n) is 4.25. The first-order valence-electron chi connectivity index (χ1n) is 8.64. The average Bonchev–Trinajstić information content (AvgIpc) is 2.77.